The van der Waals surface area contributed by atoms with Gasteiger partial charge < -0.3 is 4.42 Å². The Hall–Kier alpha value is -2.13. The van der Waals surface area contributed by atoms with E-state index in [9.17, 15) is 4.39 Å². The third-order valence-electron chi connectivity index (χ3n) is 3.00. The molecule has 6 nitrogen and oxygen atoms in total. The first kappa shape index (κ1) is 13.5. The molecule has 3 aromatic heterocycles. The normalized spacial score (nSPS) is 11.4. The van der Waals surface area contributed by atoms with Crippen LogP contribution in [0.1, 0.15) is 5.89 Å². The zero-order valence-electron chi connectivity index (χ0n) is 11.1. The van der Waals surface area contributed by atoms with E-state index < -0.39 is 0 Å². The Kier molecular flexibility index (Phi) is 3.05. The van der Waals surface area contributed by atoms with Gasteiger partial charge in [-0.15, -0.1) is 10.2 Å². The lowest BCUT2D eigenvalue weighted by Crippen LogP contribution is -1.94. The molecular weight excluding hydrogens is 373 g/mol. The van der Waals surface area contributed by atoms with Crippen molar-refractivity contribution in [1.82, 2.24) is 24.8 Å². The van der Waals surface area contributed by atoms with Gasteiger partial charge in [0, 0.05) is 11.4 Å². The summed E-state index contributed by atoms with van der Waals surface area (Å²) in [5.74, 6) is 0.514. The molecule has 0 amide bonds. The van der Waals surface area contributed by atoms with Gasteiger partial charge in [-0.25, -0.2) is 9.37 Å². The number of benzene rings is 1. The molecule has 3 heterocycles. The van der Waals surface area contributed by atoms with E-state index in [0.29, 0.717) is 32.9 Å². The Labute approximate surface area is 135 Å². The molecule has 0 fully saturated rings. The lowest BCUT2D eigenvalue weighted by Gasteiger charge is -2.00. The SMILES string of the molecule is Cc1nc(-c2nn3c(-c4cc(Br)ccc4F)nnc3s2)co1. The molecule has 22 heavy (non-hydrogen) atoms. The smallest absolute Gasteiger partial charge is 0.235 e. The van der Waals surface area contributed by atoms with Crippen molar-refractivity contribution < 1.29 is 8.81 Å². The molecule has 0 saturated carbocycles. The highest BCUT2D eigenvalue weighted by atomic mass is 79.9. The molecule has 0 unspecified atom stereocenters. The van der Waals surface area contributed by atoms with Crippen LogP contribution < -0.4 is 0 Å². The van der Waals surface area contributed by atoms with E-state index in [4.69, 9.17) is 4.42 Å². The minimum absolute atomic E-state index is 0.329. The fourth-order valence-electron chi connectivity index (χ4n) is 2.02. The van der Waals surface area contributed by atoms with Crippen molar-refractivity contribution in [3.8, 4) is 22.1 Å². The first-order valence-corrected chi connectivity index (χ1v) is 7.83. The Morgan fingerprint density at radius 2 is 2.18 bits per heavy atom. The Balaban J connectivity index is 1.89. The van der Waals surface area contributed by atoms with Crippen LogP contribution in [0.2, 0.25) is 0 Å². The zero-order valence-corrected chi connectivity index (χ0v) is 13.5. The van der Waals surface area contributed by atoms with Gasteiger partial charge in [-0.05, 0) is 18.2 Å². The molecule has 0 aliphatic heterocycles. The van der Waals surface area contributed by atoms with Crippen LogP contribution in [0.15, 0.2) is 33.4 Å². The summed E-state index contributed by atoms with van der Waals surface area (Å²) in [5.41, 5.74) is 0.948. The third kappa shape index (κ3) is 2.13. The van der Waals surface area contributed by atoms with Crippen LogP contribution in [0.25, 0.3) is 27.1 Å². The topological polar surface area (TPSA) is 69.1 Å². The van der Waals surface area contributed by atoms with Crippen LogP contribution in [-0.2, 0) is 0 Å². The minimum atomic E-state index is -0.385. The van der Waals surface area contributed by atoms with Gasteiger partial charge in [-0.2, -0.15) is 9.61 Å². The van der Waals surface area contributed by atoms with Crippen molar-refractivity contribution in [3.05, 3.63) is 40.6 Å². The number of hydrogen-bond donors (Lipinski definition) is 0. The largest absolute Gasteiger partial charge is 0.449 e. The van der Waals surface area contributed by atoms with Crippen molar-refractivity contribution >= 4 is 32.2 Å². The maximum atomic E-state index is 14.0. The maximum Gasteiger partial charge on any atom is 0.235 e. The predicted octanol–water partition coefficient (Wildman–Crippen LogP) is 3.72. The van der Waals surface area contributed by atoms with E-state index in [-0.39, 0.29) is 5.82 Å². The number of halogens is 2. The van der Waals surface area contributed by atoms with E-state index in [0.717, 1.165) is 4.47 Å². The summed E-state index contributed by atoms with van der Waals surface area (Å²) in [4.78, 5) is 4.79. The summed E-state index contributed by atoms with van der Waals surface area (Å²) in [7, 11) is 0. The minimum Gasteiger partial charge on any atom is -0.449 e. The third-order valence-corrected chi connectivity index (χ3v) is 4.41. The highest BCUT2D eigenvalue weighted by Gasteiger charge is 2.18. The fraction of sp³-hybridized carbons (Fsp3) is 0.0769. The van der Waals surface area contributed by atoms with Crippen LogP contribution >= 0.6 is 27.3 Å². The number of oxazole rings is 1. The molecule has 9 heteroatoms. The summed E-state index contributed by atoms with van der Waals surface area (Å²) in [6.45, 7) is 1.76. The van der Waals surface area contributed by atoms with E-state index in [1.54, 1.807) is 19.1 Å². The summed E-state index contributed by atoms with van der Waals surface area (Å²) in [5, 5.41) is 13.1. The molecule has 0 aliphatic rings. The number of aryl methyl sites for hydroxylation is 1. The molecule has 0 spiro atoms. The highest BCUT2D eigenvalue weighted by molar-refractivity contribution is 9.10. The van der Waals surface area contributed by atoms with Gasteiger partial charge in [0.2, 0.25) is 4.96 Å². The predicted molar refractivity (Wildman–Crippen MR) is 82.0 cm³/mol. The van der Waals surface area contributed by atoms with E-state index in [2.05, 4.69) is 36.2 Å². The second kappa shape index (κ2) is 4.96. The molecule has 110 valence electrons. The van der Waals surface area contributed by atoms with Crippen molar-refractivity contribution in [2.75, 3.05) is 0 Å². The molecule has 0 atom stereocenters. The number of rotatable bonds is 2. The summed E-state index contributed by atoms with van der Waals surface area (Å²) < 4.78 is 21.5. The van der Waals surface area contributed by atoms with Crippen LogP contribution in [0.5, 0.6) is 0 Å². The van der Waals surface area contributed by atoms with Gasteiger partial charge >= 0.3 is 0 Å². The molecule has 4 rings (SSSR count). The second-order valence-electron chi connectivity index (χ2n) is 4.50. The number of aromatic nitrogens is 5. The van der Waals surface area contributed by atoms with E-state index in [1.165, 1.54) is 28.2 Å². The van der Waals surface area contributed by atoms with E-state index in [1.807, 2.05) is 0 Å². The van der Waals surface area contributed by atoms with Crippen molar-refractivity contribution in [1.29, 1.82) is 0 Å². The number of fused-ring (bicyclic) bond motifs is 1. The molecule has 4 aromatic rings. The van der Waals surface area contributed by atoms with Crippen molar-refractivity contribution in [2.24, 2.45) is 0 Å². The van der Waals surface area contributed by atoms with Crippen LogP contribution in [0.3, 0.4) is 0 Å². The number of nitrogens with zero attached hydrogens (tertiary/aromatic N) is 5. The van der Waals surface area contributed by atoms with Crippen molar-refractivity contribution in [3.63, 3.8) is 0 Å². The molecule has 0 aliphatic carbocycles. The van der Waals surface area contributed by atoms with Crippen LogP contribution in [0.4, 0.5) is 4.39 Å². The van der Waals surface area contributed by atoms with Gasteiger partial charge in [0.15, 0.2) is 16.7 Å². The molecule has 0 radical (unpaired) electrons. The summed E-state index contributed by atoms with van der Waals surface area (Å²) in [6, 6.07) is 4.64. The number of hydrogen-bond acceptors (Lipinski definition) is 6. The Morgan fingerprint density at radius 1 is 1.32 bits per heavy atom. The molecule has 0 saturated heterocycles. The first-order valence-electron chi connectivity index (χ1n) is 6.22. The van der Waals surface area contributed by atoms with Crippen LogP contribution in [-0.4, -0.2) is 24.8 Å². The maximum absolute atomic E-state index is 14.0. The Morgan fingerprint density at radius 3 is 2.95 bits per heavy atom. The average Bonchev–Trinajstić information content (AvgIpc) is 3.16. The highest BCUT2D eigenvalue weighted by Crippen LogP contribution is 2.29. The van der Waals surface area contributed by atoms with E-state index >= 15 is 0 Å². The first-order chi connectivity index (χ1) is 10.6. The Bertz CT molecular complexity index is 992. The zero-order chi connectivity index (χ0) is 15.3. The lowest BCUT2D eigenvalue weighted by atomic mass is 10.2. The quantitative estimate of drug-likeness (QED) is 0.530. The van der Waals surface area contributed by atoms with Gasteiger partial charge in [-0.3, -0.25) is 0 Å². The summed E-state index contributed by atoms with van der Waals surface area (Å²) in [6.07, 6.45) is 1.53. The van der Waals surface area contributed by atoms with Crippen LogP contribution in [0, 0.1) is 12.7 Å². The monoisotopic (exact) mass is 379 g/mol. The molecule has 1 aromatic carbocycles. The molecule has 0 bridgehead atoms. The average molecular weight is 380 g/mol. The molecule has 0 N–H and O–H groups in total. The molecular formula is C13H7BrFN5OS. The second-order valence-corrected chi connectivity index (χ2v) is 6.37. The standard InChI is InChI=1S/C13H7BrFN5OS/c1-6-16-10(5-21-6)12-19-20-11(17-18-13(20)22-12)8-4-7(14)2-3-9(8)15/h2-5H,1H3. The van der Waals surface area contributed by atoms with Gasteiger partial charge in [0.05, 0.1) is 5.56 Å². The summed E-state index contributed by atoms with van der Waals surface area (Å²) >= 11 is 4.64. The lowest BCUT2D eigenvalue weighted by molar-refractivity contribution is 0.521. The van der Waals surface area contributed by atoms with Crippen molar-refractivity contribution in [2.45, 2.75) is 6.92 Å². The van der Waals surface area contributed by atoms with Gasteiger partial charge in [-0.1, -0.05) is 27.3 Å². The van der Waals surface area contributed by atoms with Gasteiger partial charge in [0.1, 0.15) is 17.8 Å². The van der Waals surface area contributed by atoms with Gasteiger partial charge in [0.25, 0.3) is 0 Å². The fourth-order valence-corrected chi connectivity index (χ4v) is 3.17.